The minimum absolute atomic E-state index is 0.0353. The van der Waals surface area contributed by atoms with Crippen LogP contribution in [0, 0.1) is 5.82 Å². The van der Waals surface area contributed by atoms with Gasteiger partial charge in [-0.1, -0.05) is 17.7 Å². The highest BCUT2D eigenvalue weighted by Crippen LogP contribution is 2.18. The molecule has 3 nitrogen and oxygen atoms in total. The third kappa shape index (κ3) is 4.51. The summed E-state index contributed by atoms with van der Waals surface area (Å²) in [5, 5.41) is 7.76. The van der Waals surface area contributed by atoms with Gasteiger partial charge < -0.3 is 10.6 Å². The summed E-state index contributed by atoms with van der Waals surface area (Å²) in [6.07, 6.45) is 0.825. The number of thiophene rings is 1. The fourth-order valence-electron chi connectivity index (χ4n) is 1.63. The average Bonchev–Trinajstić information content (AvgIpc) is 2.93. The molecule has 0 aliphatic heterocycles. The molecule has 20 heavy (non-hydrogen) atoms. The van der Waals surface area contributed by atoms with Crippen molar-refractivity contribution < 1.29 is 9.18 Å². The lowest BCUT2D eigenvalue weighted by Crippen LogP contribution is -2.31. The monoisotopic (exact) mass is 312 g/mol. The average molecular weight is 313 g/mol. The molecule has 0 aliphatic rings. The van der Waals surface area contributed by atoms with E-state index in [4.69, 9.17) is 11.6 Å². The Morgan fingerprint density at radius 2 is 2.20 bits per heavy atom. The van der Waals surface area contributed by atoms with Crippen molar-refractivity contribution in [3.05, 3.63) is 51.4 Å². The zero-order chi connectivity index (χ0) is 14.4. The van der Waals surface area contributed by atoms with Gasteiger partial charge in [0.25, 0.3) is 0 Å². The van der Waals surface area contributed by atoms with Crippen molar-refractivity contribution in [3.63, 3.8) is 0 Å². The highest BCUT2D eigenvalue weighted by molar-refractivity contribution is 7.09. The maximum atomic E-state index is 13.0. The van der Waals surface area contributed by atoms with E-state index in [2.05, 4.69) is 10.6 Å². The number of hydrogen-bond acceptors (Lipinski definition) is 3. The van der Waals surface area contributed by atoms with Gasteiger partial charge in [-0.05, 0) is 36.1 Å². The number of amides is 1. The minimum Gasteiger partial charge on any atom is -0.376 e. The van der Waals surface area contributed by atoms with Crippen LogP contribution >= 0.6 is 22.9 Å². The second-order valence-electron chi connectivity index (χ2n) is 4.16. The molecule has 0 atom stereocenters. The predicted molar refractivity (Wildman–Crippen MR) is 80.9 cm³/mol. The molecule has 2 rings (SSSR count). The van der Waals surface area contributed by atoms with Crippen LogP contribution in [0.1, 0.15) is 4.88 Å². The molecule has 0 unspecified atom stereocenters. The first-order valence-electron chi connectivity index (χ1n) is 6.13. The lowest BCUT2D eigenvalue weighted by atomic mass is 10.3. The fraction of sp³-hybridized carbons (Fsp3) is 0.214. The summed E-state index contributed by atoms with van der Waals surface area (Å²) in [4.78, 5) is 12.9. The Bertz CT molecular complexity index is 575. The molecule has 1 amide bonds. The van der Waals surface area contributed by atoms with Crippen LogP contribution in [-0.2, 0) is 11.2 Å². The minimum atomic E-state index is -0.474. The van der Waals surface area contributed by atoms with Crippen molar-refractivity contribution >= 4 is 34.5 Å². The van der Waals surface area contributed by atoms with Gasteiger partial charge in [0, 0.05) is 17.1 Å². The molecule has 0 radical (unpaired) electrons. The molecule has 0 bridgehead atoms. The third-order valence-electron chi connectivity index (χ3n) is 2.65. The first-order chi connectivity index (χ1) is 9.65. The predicted octanol–water partition coefficient (Wildman–Crippen LogP) is 3.31. The van der Waals surface area contributed by atoms with Crippen LogP contribution in [-0.4, -0.2) is 19.0 Å². The molecule has 0 spiro atoms. The van der Waals surface area contributed by atoms with E-state index in [9.17, 15) is 9.18 Å². The molecule has 1 aromatic heterocycles. The van der Waals surface area contributed by atoms with Gasteiger partial charge in [-0.2, -0.15) is 0 Å². The number of benzene rings is 1. The normalized spacial score (nSPS) is 10.3. The Morgan fingerprint density at radius 1 is 1.35 bits per heavy atom. The summed E-state index contributed by atoms with van der Waals surface area (Å²) in [7, 11) is 0. The van der Waals surface area contributed by atoms with Crippen molar-refractivity contribution in [1.82, 2.24) is 5.32 Å². The molecule has 6 heteroatoms. The highest BCUT2D eigenvalue weighted by atomic mass is 35.5. The Hall–Kier alpha value is -1.59. The molecule has 1 aromatic carbocycles. The topological polar surface area (TPSA) is 41.1 Å². The van der Waals surface area contributed by atoms with Crippen LogP contribution in [0.4, 0.5) is 10.1 Å². The Morgan fingerprint density at radius 3 is 2.90 bits per heavy atom. The zero-order valence-electron chi connectivity index (χ0n) is 10.7. The maximum Gasteiger partial charge on any atom is 0.239 e. The number of carbonyl (C=O) groups excluding carboxylic acids is 1. The van der Waals surface area contributed by atoms with Crippen LogP contribution in [0.15, 0.2) is 35.7 Å². The summed E-state index contributed by atoms with van der Waals surface area (Å²) in [6.45, 7) is 0.734. The Labute approximate surface area is 125 Å². The summed E-state index contributed by atoms with van der Waals surface area (Å²) >= 11 is 7.33. The Balaban J connectivity index is 1.70. The molecular formula is C14H14ClFN2OS. The number of carbonyl (C=O) groups is 1. The number of halogens is 2. The van der Waals surface area contributed by atoms with Gasteiger partial charge >= 0.3 is 0 Å². The standard InChI is InChI=1S/C14H14ClFN2OS/c15-12-8-10(3-4-13(12)16)18-9-14(19)17-6-5-11-2-1-7-20-11/h1-4,7-8,18H,5-6,9H2,(H,17,19). The van der Waals surface area contributed by atoms with E-state index >= 15 is 0 Å². The number of anilines is 1. The quantitative estimate of drug-likeness (QED) is 0.859. The number of hydrogen-bond donors (Lipinski definition) is 2. The van der Waals surface area contributed by atoms with Crippen LogP contribution in [0.3, 0.4) is 0 Å². The van der Waals surface area contributed by atoms with E-state index in [1.54, 1.807) is 17.4 Å². The second kappa shape index (κ2) is 7.26. The van der Waals surface area contributed by atoms with E-state index in [0.717, 1.165) is 6.42 Å². The van der Waals surface area contributed by atoms with Crippen LogP contribution < -0.4 is 10.6 Å². The molecule has 1 heterocycles. The lowest BCUT2D eigenvalue weighted by Gasteiger charge is -2.08. The molecular weight excluding hydrogens is 299 g/mol. The van der Waals surface area contributed by atoms with Crippen LogP contribution in [0.5, 0.6) is 0 Å². The van der Waals surface area contributed by atoms with Crippen molar-refractivity contribution in [2.24, 2.45) is 0 Å². The zero-order valence-corrected chi connectivity index (χ0v) is 12.2. The van der Waals surface area contributed by atoms with Gasteiger partial charge in [0.2, 0.25) is 5.91 Å². The smallest absolute Gasteiger partial charge is 0.239 e. The number of rotatable bonds is 6. The fourth-order valence-corrected chi connectivity index (χ4v) is 2.52. The van der Waals surface area contributed by atoms with Crippen molar-refractivity contribution in [2.75, 3.05) is 18.4 Å². The van der Waals surface area contributed by atoms with E-state index in [-0.39, 0.29) is 17.5 Å². The Kier molecular flexibility index (Phi) is 5.38. The van der Waals surface area contributed by atoms with Crippen molar-refractivity contribution in [3.8, 4) is 0 Å². The van der Waals surface area contributed by atoms with E-state index in [1.807, 2.05) is 17.5 Å². The molecule has 2 aromatic rings. The molecule has 0 fully saturated rings. The SMILES string of the molecule is O=C(CNc1ccc(F)c(Cl)c1)NCCc1cccs1. The first-order valence-corrected chi connectivity index (χ1v) is 7.39. The largest absolute Gasteiger partial charge is 0.376 e. The molecule has 0 saturated carbocycles. The van der Waals surface area contributed by atoms with Crippen molar-refractivity contribution in [2.45, 2.75) is 6.42 Å². The lowest BCUT2D eigenvalue weighted by molar-refractivity contribution is -0.119. The van der Waals surface area contributed by atoms with Crippen molar-refractivity contribution in [1.29, 1.82) is 0 Å². The van der Waals surface area contributed by atoms with E-state index < -0.39 is 5.82 Å². The third-order valence-corrected chi connectivity index (χ3v) is 3.87. The van der Waals surface area contributed by atoms with Gasteiger partial charge in [-0.25, -0.2) is 4.39 Å². The second-order valence-corrected chi connectivity index (χ2v) is 5.60. The molecule has 0 aliphatic carbocycles. The summed E-state index contributed by atoms with van der Waals surface area (Å²) in [6, 6.07) is 8.28. The molecule has 106 valence electrons. The van der Waals surface area contributed by atoms with Crippen LogP contribution in [0.25, 0.3) is 0 Å². The summed E-state index contributed by atoms with van der Waals surface area (Å²) < 4.78 is 13.0. The van der Waals surface area contributed by atoms with Gasteiger partial charge in [0.1, 0.15) is 5.82 Å². The number of nitrogens with one attached hydrogen (secondary N) is 2. The van der Waals surface area contributed by atoms with Crippen LogP contribution in [0.2, 0.25) is 5.02 Å². The first kappa shape index (κ1) is 14.8. The molecule has 0 saturated heterocycles. The van der Waals surface area contributed by atoms with E-state index in [0.29, 0.717) is 12.2 Å². The van der Waals surface area contributed by atoms with Gasteiger partial charge in [-0.3, -0.25) is 4.79 Å². The van der Waals surface area contributed by atoms with Gasteiger partial charge in [0.15, 0.2) is 0 Å². The highest BCUT2D eigenvalue weighted by Gasteiger charge is 2.04. The van der Waals surface area contributed by atoms with E-state index in [1.165, 1.54) is 17.0 Å². The van der Waals surface area contributed by atoms with Gasteiger partial charge in [0.05, 0.1) is 11.6 Å². The summed E-state index contributed by atoms with van der Waals surface area (Å²) in [5.41, 5.74) is 0.616. The maximum absolute atomic E-state index is 13.0. The van der Waals surface area contributed by atoms with Gasteiger partial charge in [-0.15, -0.1) is 11.3 Å². The molecule has 2 N–H and O–H groups in total. The summed E-state index contributed by atoms with van der Waals surface area (Å²) in [5.74, 6) is -0.584.